The fourth-order valence-corrected chi connectivity index (χ4v) is 6.40. The van der Waals surface area contributed by atoms with Gasteiger partial charge in [0, 0.05) is 52.7 Å². The van der Waals surface area contributed by atoms with E-state index in [1.807, 2.05) is 6.92 Å². The molecule has 1 amide bonds. The Balaban J connectivity index is 0.00000480. The summed E-state index contributed by atoms with van der Waals surface area (Å²) in [5.74, 6) is -0.297. The number of rotatable bonds is 8. The van der Waals surface area contributed by atoms with Crippen molar-refractivity contribution in [3.63, 3.8) is 0 Å². The number of aryl methyl sites for hydroxylation is 3. The van der Waals surface area contributed by atoms with Gasteiger partial charge >= 0.3 is 5.97 Å². The molecule has 2 aliphatic rings. The first-order valence-corrected chi connectivity index (χ1v) is 15.9. The highest BCUT2D eigenvalue weighted by Crippen LogP contribution is 2.40. The molecule has 8 bridgehead atoms. The number of aromatic amines is 1. The number of esters is 1. The zero-order valence-corrected chi connectivity index (χ0v) is 30.7. The maximum atomic E-state index is 14.0. The molecule has 0 aromatic carbocycles. The summed E-state index contributed by atoms with van der Waals surface area (Å²) in [4.78, 5) is 39.9. The van der Waals surface area contributed by atoms with Crippen LogP contribution in [0.3, 0.4) is 0 Å². The van der Waals surface area contributed by atoms with Crippen molar-refractivity contribution in [1.82, 2.24) is 24.8 Å². The molecule has 2 aliphatic heterocycles. The van der Waals surface area contributed by atoms with E-state index in [2.05, 4.69) is 100 Å². The lowest BCUT2D eigenvalue weighted by molar-refractivity contribution is -0.869. The second-order valence-electron chi connectivity index (χ2n) is 13.4. The number of quaternary nitrogens is 1. The number of halogens is 1. The van der Waals surface area contributed by atoms with Gasteiger partial charge in [-0.2, -0.15) is 0 Å². The number of fused-ring (bicyclic) bond motifs is 8. The number of allylic oxidation sites excluding steroid dienone is 1. The maximum absolute atomic E-state index is 14.0. The van der Waals surface area contributed by atoms with E-state index in [0.29, 0.717) is 31.5 Å². The number of aromatic nitrogens is 4. The Morgan fingerprint density at radius 1 is 1.02 bits per heavy atom. The molecule has 0 spiro atoms. The normalized spacial score (nSPS) is 16.1. The number of hydrogen-bond acceptors (Lipinski definition) is 5. The van der Waals surface area contributed by atoms with Gasteiger partial charge in [0.2, 0.25) is 0 Å². The van der Waals surface area contributed by atoms with E-state index in [1.165, 1.54) is 7.11 Å². The standard InChI is InChI=1S/C36H46N6O3.HI/c1-10-41-32-18-26-16-21(2)28(39-26)17-25-15-22(3)29(38-25)19-30-23(4)27(11-12-34(43)45-9)31(40-30)20-33(41)35(24(32)5)36(44)37-13-14-42(6,7)8;/h15-20,23,27H,10-14H2,1-9H3,(H-,37,38,39,40,44);1H. The molecular formula is C36H47IN6O3. The highest BCUT2D eigenvalue weighted by atomic mass is 127. The topological polar surface area (TPSA) is 102 Å². The molecule has 3 aromatic rings. The van der Waals surface area contributed by atoms with Gasteiger partial charge < -0.3 is 48.1 Å². The summed E-state index contributed by atoms with van der Waals surface area (Å²) in [5.41, 5.74) is 11.0. The zero-order chi connectivity index (χ0) is 32.6. The second-order valence-corrected chi connectivity index (χ2v) is 13.4. The summed E-state index contributed by atoms with van der Waals surface area (Å²) in [5, 5.41) is 3.19. The average molecular weight is 739 g/mol. The van der Waals surface area contributed by atoms with E-state index in [4.69, 9.17) is 14.7 Å². The van der Waals surface area contributed by atoms with Crippen molar-refractivity contribution in [1.29, 1.82) is 0 Å². The smallest absolute Gasteiger partial charge is 0.305 e. The van der Waals surface area contributed by atoms with Crippen molar-refractivity contribution < 1.29 is 42.8 Å². The highest BCUT2D eigenvalue weighted by Gasteiger charge is 2.30. The van der Waals surface area contributed by atoms with Crippen molar-refractivity contribution >= 4 is 45.6 Å². The number of H-pyrrole nitrogens is 1. The van der Waals surface area contributed by atoms with E-state index in [0.717, 1.165) is 72.6 Å². The van der Waals surface area contributed by atoms with Crippen molar-refractivity contribution in [2.75, 3.05) is 41.3 Å². The number of nitrogens with one attached hydrogen (secondary N) is 2. The molecule has 0 saturated carbocycles. The summed E-state index contributed by atoms with van der Waals surface area (Å²) in [6.45, 7) is 12.5. The Morgan fingerprint density at radius 2 is 1.76 bits per heavy atom. The van der Waals surface area contributed by atoms with Crippen LogP contribution in [0.25, 0.3) is 33.7 Å². The van der Waals surface area contributed by atoms with Gasteiger partial charge in [-0.15, -0.1) is 0 Å². The lowest BCUT2D eigenvalue weighted by Crippen LogP contribution is -3.00. The predicted octanol–water partition coefficient (Wildman–Crippen LogP) is 3.27. The van der Waals surface area contributed by atoms with Crippen LogP contribution in [0.2, 0.25) is 0 Å². The molecule has 2 unspecified atom stereocenters. The number of likely N-dealkylation sites (N-methyl/N-ethyl adjacent to an activating group) is 1. The van der Waals surface area contributed by atoms with Crippen LogP contribution in [0.15, 0.2) is 30.3 Å². The summed E-state index contributed by atoms with van der Waals surface area (Å²) in [6.07, 6.45) is 2.98. The highest BCUT2D eigenvalue weighted by molar-refractivity contribution is 6.05. The van der Waals surface area contributed by atoms with E-state index in [-0.39, 0.29) is 47.7 Å². The molecule has 9 nitrogen and oxygen atoms in total. The minimum Gasteiger partial charge on any atom is -1.00 e. The summed E-state index contributed by atoms with van der Waals surface area (Å²) in [6, 6.07) is 10.5. The van der Waals surface area contributed by atoms with Crippen molar-refractivity contribution in [3.05, 3.63) is 69.8 Å². The van der Waals surface area contributed by atoms with Gasteiger partial charge in [0.05, 0.1) is 63.8 Å². The first kappa shape index (κ1) is 35.3. The van der Waals surface area contributed by atoms with Gasteiger partial charge in [-0.25, -0.2) is 4.98 Å². The third-order valence-electron chi connectivity index (χ3n) is 9.05. The van der Waals surface area contributed by atoms with Crippen molar-refractivity contribution in [2.24, 2.45) is 0 Å². The third-order valence-corrected chi connectivity index (χ3v) is 9.05. The third kappa shape index (κ3) is 7.38. The maximum Gasteiger partial charge on any atom is 0.305 e. The van der Waals surface area contributed by atoms with E-state index >= 15 is 0 Å². The van der Waals surface area contributed by atoms with Crippen LogP contribution < -0.4 is 29.3 Å². The molecule has 5 rings (SSSR count). The fourth-order valence-electron chi connectivity index (χ4n) is 6.40. The number of ether oxygens (including phenoxy) is 1. The van der Waals surface area contributed by atoms with Crippen LogP contribution in [0.5, 0.6) is 0 Å². The van der Waals surface area contributed by atoms with Gasteiger partial charge in [-0.05, 0) is 87.2 Å². The molecule has 246 valence electrons. The lowest BCUT2D eigenvalue weighted by atomic mass is 9.87. The second kappa shape index (κ2) is 14.1. The molecule has 2 atom stereocenters. The van der Waals surface area contributed by atoms with Crippen LogP contribution >= 0.6 is 0 Å². The molecule has 0 aliphatic carbocycles. The van der Waals surface area contributed by atoms with Crippen LogP contribution in [-0.4, -0.2) is 77.2 Å². The zero-order valence-electron chi connectivity index (χ0n) is 28.5. The predicted molar refractivity (Wildman–Crippen MR) is 181 cm³/mol. The van der Waals surface area contributed by atoms with Crippen LogP contribution in [0.1, 0.15) is 89.7 Å². The fraction of sp³-hybridized carbons (Fsp3) is 0.444. The molecule has 0 fully saturated rings. The molecule has 0 saturated heterocycles. The lowest BCUT2D eigenvalue weighted by Gasteiger charge is -2.23. The molecule has 3 aromatic heterocycles. The average Bonchev–Trinajstić information content (AvgIpc) is 3.65. The van der Waals surface area contributed by atoms with Gasteiger partial charge in [0.25, 0.3) is 5.91 Å². The summed E-state index contributed by atoms with van der Waals surface area (Å²) >= 11 is 0. The van der Waals surface area contributed by atoms with Crippen molar-refractivity contribution in [3.8, 4) is 0 Å². The number of nitrogens with zero attached hydrogens (tertiary/aromatic N) is 4. The van der Waals surface area contributed by atoms with Crippen molar-refractivity contribution in [2.45, 2.75) is 65.8 Å². The van der Waals surface area contributed by atoms with Crippen LogP contribution in [0, 0.1) is 13.8 Å². The minimum atomic E-state index is -0.239. The molecule has 5 heterocycles. The van der Waals surface area contributed by atoms with Gasteiger partial charge in [0.1, 0.15) is 0 Å². The Bertz CT molecular complexity index is 1850. The monoisotopic (exact) mass is 738 g/mol. The number of carbonyl (C=O) groups is 2. The summed E-state index contributed by atoms with van der Waals surface area (Å²) < 4.78 is 7.93. The molecule has 46 heavy (non-hydrogen) atoms. The minimum absolute atomic E-state index is 0. The van der Waals surface area contributed by atoms with Crippen LogP contribution in [-0.2, 0) is 16.1 Å². The summed E-state index contributed by atoms with van der Waals surface area (Å²) in [7, 11) is 7.77. The Kier molecular flexibility index (Phi) is 10.8. The van der Waals surface area contributed by atoms with Gasteiger partial charge in [0.15, 0.2) is 0 Å². The van der Waals surface area contributed by atoms with Gasteiger partial charge in [-0.1, -0.05) is 6.92 Å². The van der Waals surface area contributed by atoms with Crippen LogP contribution in [0.4, 0.5) is 0 Å². The number of carbonyl (C=O) groups excluding carboxylic acids is 2. The molecule has 0 radical (unpaired) electrons. The first-order chi connectivity index (χ1) is 21.3. The number of amides is 1. The Morgan fingerprint density at radius 3 is 2.43 bits per heavy atom. The first-order valence-electron chi connectivity index (χ1n) is 15.9. The van der Waals surface area contributed by atoms with E-state index in [9.17, 15) is 9.59 Å². The molecular weight excluding hydrogens is 691 g/mol. The molecule has 2 N–H and O–H groups in total. The SMILES string of the molecule is CCn1c2cc3nc(cc4cc(C)c(cc5nc(cc1c(C(=O)NCC[N+](C)(C)C)c2C)C(CCC(=O)OC)C5C)[nH]4)C(C)=C3.[I-]. The quantitative estimate of drug-likeness (QED) is 0.210. The number of methoxy groups -OCH3 is 1. The molecule has 10 heteroatoms. The van der Waals surface area contributed by atoms with Gasteiger partial charge in [-0.3, -0.25) is 14.6 Å². The largest absolute Gasteiger partial charge is 1.00 e. The number of hydrogen-bond donors (Lipinski definition) is 2. The van der Waals surface area contributed by atoms with E-state index < -0.39 is 0 Å². The van der Waals surface area contributed by atoms with E-state index in [1.54, 1.807) is 0 Å². The Labute approximate surface area is 289 Å². The Hall–Kier alpha value is -3.51.